The molecule has 1 fully saturated rings. The summed E-state index contributed by atoms with van der Waals surface area (Å²) in [7, 11) is -2.58. The van der Waals surface area contributed by atoms with E-state index in [0.717, 1.165) is 28.6 Å². The van der Waals surface area contributed by atoms with Crippen molar-refractivity contribution in [2.45, 2.75) is 23.0 Å². The Bertz CT molecular complexity index is 1340. The number of carbonyl (C=O) groups is 1. The molecule has 0 saturated carbocycles. The Balaban J connectivity index is 1.89. The smallest absolute Gasteiger partial charge is 0.366 e. The van der Waals surface area contributed by atoms with Crippen molar-refractivity contribution >= 4 is 15.9 Å². The van der Waals surface area contributed by atoms with Crippen LogP contribution < -0.4 is 5.73 Å². The highest BCUT2D eigenvalue weighted by molar-refractivity contribution is 7.89. The van der Waals surface area contributed by atoms with Crippen LogP contribution in [-0.4, -0.2) is 41.3 Å². The molecule has 1 aliphatic rings. The van der Waals surface area contributed by atoms with Gasteiger partial charge in [0.1, 0.15) is 5.82 Å². The van der Waals surface area contributed by atoms with Gasteiger partial charge < -0.3 is 10.3 Å². The monoisotopic (exact) mass is 496 g/mol. The summed E-state index contributed by atoms with van der Waals surface area (Å²) in [5.74, 6) is -3.50. The van der Waals surface area contributed by atoms with Gasteiger partial charge >= 0.3 is 6.18 Å². The number of primary amides is 1. The van der Waals surface area contributed by atoms with Crippen LogP contribution >= 0.6 is 0 Å². The van der Waals surface area contributed by atoms with E-state index in [4.69, 9.17) is 5.73 Å². The zero-order valence-corrected chi connectivity index (χ0v) is 18.6. The van der Waals surface area contributed by atoms with Crippen molar-refractivity contribution in [3.8, 4) is 0 Å². The van der Waals surface area contributed by atoms with Crippen LogP contribution in [0.5, 0.6) is 0 Å². The number of carbonyl (C=O) groups excluding carboxylic acids is 1. The third-order valence-electron chi connectivity index (χ3n) is 5.92. The van der Waals surface area contributed by atoms with Gasteiger partial charge in [0.2, 0.25) is 5.91 Å². The molecule has 0 spiro atoms. The molecule has 180 valence electrons. The Kier molecular flexibility index (Phi) is 5.98. The van der Waals surface area contributed by atoms with Gasteiger partial charge in [-0.15, -0.1) is 0 Å². The van der Waals surface area contributed by atoms with Crippen molar-refractivity contribution < 1.29 is 30.8 Å². The molecule has 1 aromatic heterocycles. The number of aryl methyl sites for hydroxylation is 1. The fourth-order valence-corrected chi connectivity index (χ4v) is 5.84. The number of nitrogens with two attached hydrogens (primary N) is 1. The van der Waals surface area contributed by atoms with E-state index in [0.29, 0.717) is 5.56 Å². The molecular weight excluding hydrogens is 476 g/mol. The quantitative estimate of drug-likeness (QED) is 0.549. The molecule has 2 N–H and O–H groups in total. The zero-order valence-electron chi connectivity index (χ0n) is 17.8. The highest BCUT2D eigenvalue weighted by Crippen LogP contribution is 2.47. The summed E-state index contributed by atoms with van der Waals surface area (Å²) < 4.78 is 84.4. The second kappa shape index (κ2) is 8.51. The number of benzene rings is 2. The largest absolute Gasteiger partial charge is 0.416 e. The topological polar surface area (TPSA) is 98.3 Å². The highest BCUT2D eigenvalue weighted by Gasteiger charge is 2.46. The van der Waals surface area contributed by atoms with E-state index >= 15 is 0 Å². The summed E-state index contributed by atoms with van der Waals surface area (Å²) in [4.78, 5) is 16.0. The first-order valence-electron chi connectivity index (χ1n) is 10.1. The fourth-order valence-electron chi connectivity index (χ4n) is 4.39. The van der Waals surface area contributed by atoms with E-state index in [9.17, 15) is 30.8 Å². The van der Waals surface area contributed by atoms with Crippen LogP contribution in [0.25, 0.3) is 0 Å². The molecule has 3 aromatic rings. The third-order valence-corrected chi connectivity index (χ3v) is 7.64. The number of halogens is 4. The van der Waals surface area contributed by atoms with E-state index in [1.165, 1.54) is 35.3 Å². The number of nitrogens with zero attached hydrogens (tertiary/aromatic N) is 3. The Hall–Kier alpha value is -3.25. The molecule has 0 bridgehead atoms. The molecule has 0 radical (unpaired) electrons. The van der Waals surface area contributed by atoms with E-state index < -0.39 is 45.3 Å². The number of imidazole rings is 1. The summed E-state index contributed by atoms with van der Waals surface area (Å²) in [6.45, 7) is -0.548. The summed E-state index contributed by atoms with van der Waals surface area (Å²) in [5, 5.41) is -0.257. The number of alkyl halides is 3. The predicted molar refractivity (Wildman–Crippen MR) is 114 cm³/mol. The van der Waals surface area contributed by atoms with E-state index in [1.54, 1.807) is 7.05 Å². The summed E-state index contributed by atoms with van der Waals surface area (Å²) in [6.07, 6.45) is -2.24. The van der Waals surface area contributed by atoms with Crippen LogP contribution in [0.1, 0.15) is 38.9 Å². The molecule has 34 heavy (non-hydrogen) atoms. The van der Waals surface area contributed by atoms with Crippen molar-refractivity contribution in [3.63, 3.8) is 0 Å². The minimum atomic E-state index is -4.82. The zero-order chi connectivity index (χ0) is 24.8. The van der Waals surface area contributed by atoms with Gasteiger partial charge in [0, 0.05) is 43.7 Å². The molecule has 1 amide bonds. The van der Waals surface area contributed by atoms with Gasteiger partial charge in [0.25, 0.3) is 10.0 Å². The van der Waals surface area contributed by atoms with E-state index in [1.807, 2.05) is 0 Å². The molecule has 12 heteroatoms. The fraction of sp³-hybridized carbons (Fsp3) is 0.273. The van der Waals surface area contributed by atoms with Crippen molar-refractivity contribution in [3.05, 3.63) is 83.1 Å². The molecule has 0 aliphatic carbocycles. The Morgan fingerprint density at radius 2 is 1.74 bits per heavy atom. The van der Waals surface area contributed by atoms with Crippen molar-refractivity contribution in [2.75, 3.05) is 13.1 Å². The highest BCUT2D eigenvalue weighted by atomic mass is 32.2. The SMILES string of the molecule is Cn1cnc(S(=O)(=O)N2C[C@@H](c3ccc(F)cc3)[C@H](c3c(C(N)=O)cccc3C(F)(F)F)C2)c1. The van der Waals surface area contributed by atoms with Crippen molar-refractivity contribution in [1.82, 2.24) is 13.9 Å². The van der Waals surface area contributed by atoms with Crippen molar-refractivity contribution in [1.29, 1.82) is 0 Å². The van der Waals surface area contributed by atoms with Gasteiger partial charge in [-0.25, -0.2) is 17.8 Å². The third kappa shape index (κ3) is 4.30. The number of rotatable bonds is 5. The minimum absolute atomic E-state index is 0.195. The van der Waals surface area contributed by atoms with Gasteiger partial charge in [-0.1, -0.05) is 18.2 Å². The average molecular weight is 496 g/mol. The first kappa shape index (κ1) is 23.9. The first-order valence-corrected chi connectivity index (χ1v) is 11.6. The molecule has 7 nitrogen and oxygen atoms in total. The Labute approximate surface area is 192 Å². The maximum Gasteiger partial charge on any atom is 0.416 e. The molecular formula is C22H20F4N4O3S. The molecule has 2 atom stereocenters. The number of hydrogen-bond acceptors (Lipinski definition) is 4. The minimum Gasteiger partial charge on any atom is -0.366 e. The summed E-state index contributed by atoms with van der Waals surface area (Å²) in [6, 6.07) is 8.18. The second-order valence-electron chi connectivity index (χ2n) is 8.09. The van der Waals surface area contributed by atoms with Crippen LogP contribution in [0.2, 0.25) is 0 Å². The lowest BCUT2D eigenvalue weighted by molar-refractivity contribution is -0.138. The summed E-state index contributed by atoms with van der Waals surface area (Å²) >= 11 is 0. The van der Waals surface area contributed by atoms with Gasteiger partial charge in [0.05, 0.1) is 11.9 Å². The number of sulfonamides is 1. The summed E-state index contributed by atoms with van der Waals surface area (Å²) in [5.41, 5.74) is 4.05. The van der Waals surface area contributed by atoms with Crippen LogP contribution in [0.4, 0.5) is 17.6 Å². The van der Waals surface area contributed by atoms with Gasteiger partial charge in [0.15, 0.2) is 5.03 Å². The van der Waals surface area contributed by atoms with Crippen molar-refractivity contribution in [2.24, 2.45) is 12.8 Å². The Morgan fingerprint density at radius 3 is 2.29 bits per heavy atom. The van der Waals surface area contributed by atoms with Crippen LogP contribution in [0.3, 0.4) is 0 Å². The van der Waals surface area contributed by atoms with E-state index in [-0.39, 0.29) is 29.2 Å². The molecule has 1 aliphatic heterocycles. The first-order chi connectivity index (χ1) is 15.9. The van der Waals surface area contributed by atoms with Gasteiger partial charge in [-0.3, -0.25) is 4.79 Å². The Morgan fingerprint density at radius 1 is 1.09 bits per heavy atom. The average Bonchev–Trinajstić information content (AvgIpc) is 3.40. The molecule has 2 heterocycles. The lowest BCUT2D eigenvalue weighted by Gasteiger charge is -2.25. The van der Waals surface area contributed by atoms with Crippen LogP contribution in [0.15, 0.2) is 60.0 Å². The van der Waals surface area contributed by atoms with E-state index in [2.05, 4.69) is 4.98 Å². The van der Waals surface area contributed by atoms with Crippen LogP contribution in [0, 0.1) is 5.82 Å². The van der Waals surface area contributed by atoms with Crippen LogP contribution in [-0.2, 0) is 23.2 Å². The molecule has 0 unspecified atom stereocenters. The number of aromatic nitrogens is 2. The predicted octanol–water partition coefficient (Wildman–Crippen LogP) is 3.25. The number of amides is 1. The van der Waals surface area contributed by atoms with Gasteiger partial charge in [-0.05, 0) is 35.4 Å². The molecule has 1 saturated heterocycles. The maximum absolute atomic E-state index is 14.0. The number of hydrogen-bond donors (Lipinski definition) is 1. The standard InChI is InChI=1S/C22H20F4N4O3S/c1-29-11-19(28-12-29)34(32,33)30-9-16(13-5-7-14(23)8-6-13)17(10-30)20-15(21(27)31)3-2-4-18(20)22(24,25)26/h2-8,11-12,16-17H,9-10H2,1H3,(H2,27,31)/t16-,17+/m0/s1. The lowest BCUT2D eigenvalue weighted by atomic mass is 9.79. The lowest BCUT2D eigenvalue weighted by Crippen LogP contribution is -2.29. The maximum atomic E-state index is 14.0. The molecule has 2 aromatic carbocycles. The molecule has 4 rings (SSSR count). The second-order valence-corrected chi connectivity index (χ2v) is 9.98. The van der Waals surface area contributed by atoms with Gasteiger partial charge in [-0.2, -0.15) is 17.5 Å². The normalized spacial score (nSPS) is 19.4.